The molecule has 0 unspecified atom stereocenters. The van der Waals surface area contributed by atoms with Crippen molar-refractivity contribution in [2.75, 3.05) is 10.6 Å². The third-order valence-corrected chi connectivity index (χ3v) is 2.01. The molecule has 2 rings (SSSR count). The summed E-state index contributed by atoms with van der Waals surface area (Å²) >= 11 is 4.98. The molecule has 0 fully saturated rings. The second kappa shape index (κ2) is 5.26. The number of pyridine rings is 1. The fourth-order valence-corrected chi connectivity index (χ4v) is 1.30. The third kappa shape index (κ3) is 3.15. The molecule has 2 heterocycles. The number of thiocarbonyl (C=S) groups is 1. The van der Waals surface area contributed by atoms with Gasteiger partial charge >= 0.3 is 0 Å². The van der Waals surface area contributed by atoms with Crippen molar-refractivity contribution >= 4 is 29.0 Å². The second-order valence-corrected chi connectivity index (χ2v) is 3.43. The zero-order chi connectivity index (χ0) is 12.1. The van der Waals surface area contributed by atoms with Crippen molar-refractivity contribution in [3.8, 4) is 0 Å². The Hall–Kier alpha value is -2.15. The minimum Gasteiger partial charge on any atom is -0.316 e. The van der Waals surface area contributed by atoms with E-state index in [0.29, 0.717) is 5.82 Å². The van der Waals surface area contributed by atoms with Crippen molar-refractivity contribution in [3.05, 3.63) is 42.5 Å². The van der Waals surface area contributed by atoms with Crippen molar-refractivity contribution in [1.82, 2.24) is 15.2 Å². The molecule has 0 aliphatic carbocycles. The Morgan fingerprint density at radius 3 is 2.71 bits per heavy atom. The summed E-state index contributed by atoms with van der Waals surface area (Å²) in [5.41, 5.74) is 0. The van der Waals surface area contributed by atoms with Gasteiger partial charge < -0.3 is 10.6 Å². The monoisotopic (exact) mass is 249 g/mol. The molecule has 0 aliphatic rings. The van der Waals surface area contributed by atoms with E-state index < -0.39 is 5.82 Å². The lowest BCUT2D eigenvalue weighted by Crippen LogP contribution is -2.21. The number of hydrogen-bond acceptors (Lipinski definition) is 4. The minimum atomic E-state index is -0.476. The van der Waals surface area contributed by atoms with E-state index in [0.717, 1.165) is 0 Å². The van der Waals surface area contributed by atoms with Crippen LogP contribution in [0.4, 0.5) is 16.0 Å². The Morgan fingerprint density at radius 2 is 2.00 bits per heavy atom. The Balaban J connectivity index is 2.01. The van der Waals surface area contributed by atoms with Crippen molar-refractivity contribution in [1.29, 1.82) is 0 Å². The van der Waals surface area contributed by atoms with Crippen LogP contribution in [0.25, 0.3) is 0 Å². The molecule has 0 saturated carbocycles. The average molecular weight is 249 g/mol. The summed E-state index contributed by atoms with van der Waals surface area (Å²) in [6, 6.07) is 6.19. The zero-order valence-electron chi connectivity index (χ0n) is 8.59. The number of anilines is 2. The van der Waals surface area contributed by atoms with E-state index in [-0.39, 0.29) is 10.9 Å². The highest BCUT2D eigenvalue weighted by Gasteiger charge is 2.04. The number of hydrogen-bond donors (Lipinski definition) is 2. The van der Waals surface area contributed by atoms with E-state index >= 15 is 0 Å². The van der Waals surface area contributed by atoms with Crippen molar-refractivity contribution < 1.29 is 4.39 Å². The summed E-state index contributed by atoms with van der Waals surface area (Å²) in [5.74, 6) is 0.0611. The largest absolute Gasteiger partial charge is 0.316 e. The Labute approximate surface area is 102 Å². The first-order valence-corrected chi connectivity index (χ1v) is 5.13. The molecular formula is C10H8FN5S. The van der Waals surface area contributed by atoms with Gasteiger partial charge in [-0.2, -0.15) is 5.10 Å². The van der Waals surface area contributed by atoms with Gasteiger partial charge in [-0.05, 0) is 36.5 Å². The molecular weight excluding hydrogens is 241 g/mol. The maximum atomic E-state index is 13.2. The number of nitrogens with one attached hydrogen (secondary N) is 2. The molecule has 0 bridgehead atoms. The lowest BCUT2D eigenvalue weighted by molar-refractivity contribution is 0.627. The van der Waals surface area contributed by atoms with Crippen LogP contribution < -0.4 is 10.6 Å². The van der Waals surface area contributed by atoms with E-state index in [2.05, 4.69) is 25.8 Å². The Bertz CT molecular complexity index is 519. The van der Waals surface area contributed by atoms with Gasteiger partial charge in [-0.3, -0.25) is 0 Å². The van der Waals surface area contributed by atoms with Gasteiger partial charge in [-0.15, -0.1) is 5.10 Å². The van der Waals surface area contributed by atoms with Gasteiger partial charge in [0.05, 0.1) is 0 Å². The molecule has 0 aromatic carbocycles. The van der Waals surface area contributed by atoms with Crippen LogP contribution in [0.15, 0.2) is 36.7 Å². The van der Waals surface area contributed by atoms with Gasteiger partial charge in [0.15, 0.2) is 22.6 Å². The standard InChI is InChI=1S/C10H8FN5S/c11-7-3-1-5-12-9(7)15-10(17)14-8-4-2-6-13-16-8/h1-6H,(H2,12,14,15,16,17). The molecule has 0 aliphatic heterocycles. The summed E-state index contributed by atoms with van der Waals surface area (Å²) in [6.07, 6.45) is 3.01. The Kier molecular flexibility index (Phi) is 3.51. The fraction of sp³-hybridized carbons (Fsp3) is 0. The second-order valence-electron chi connectivity index (χ2n) is 3.02. The van der Waals surface area contributed by atoms with E-state index in [1.54, 1.807) is 18.3 Å². The normalized spacial score (nSPS) is 9.71. The van der Waals surface area contributed by atoms with Crippen LogP contribution in [-0.2, 0) is 0 Å². The molecule has 86 valence electrons. The summed E-state index contributed by atoms with van der Waals surface area (Å²) in [5, 5.41) is 13.0. The molecule has 2 aromatic rings. The molecule has 17 heavy (non-hydrogen) atoms. The molecule has 0 saturated heterocycles. The minimum absolute atomic E-state index is 0.0638. The average Bonchev–Trinajstić information content (AvgIpc) is 2.33. The van der Waals surface area contributed by atoms with Crippen molar-refractivity contribution in [2.45, 2.75) is 0 Å². The fourth-order valence-electron chi connectivity index (χ4n) is 1.10. The number of rotatable bonds is 2. The number of aromatic nitrogens is 3. The van der Waals surface area contributed by atoms with Crippen LogP contribution in [0.1, 0.15) is 0 Å². The van der Waals surface area contributed by atoms with E-state index in [9.17, 15) is 4.39 Å². The first-order chi connectivity index (χ1) is 8.25. The SMILES string of the molecule is Fc1cccnc1NC(=S)Nc1cccnn1. The molecule has 2 N–H and O–H groups in total. The number of nitrogens with zero attached hydrogens (tertiary/aromatic N) is 3. The van der Waals surface area contributed by atoms with Gasteiger partial charge in [0, 0.05) is 12.4 Å². The molecule has 0 atom stereocenters. The first kappa shape index (κ1) is 11.3. The van der Waals surface area contributed by atoms with Crippen LogP contribution in [0.5, 0.6) is 0 Å². The van der Waals surface area contributed by atoms with Crippen LogP contribution in [0, 0.1) is 5.82 Å². The van der Waals surface area contributed by atoms with Crippen LogP contribution in [-0.4, -0.2) is 20.3 Å². The molecule has 7 heteroatoms. The topological polar surface area (TPSA) is 62.7 Å². The molecule has 5 nitrogen and oxygen atoms in total. The van der Waals surface area contributed by atoms with Crippen molar-refractivity contribution in [2.24, 2.45) is 0 Å². The van der Waals surface area contributed by atoms with Gasteiger partial charge in [0.25, 0.3) is 0 Å². The lowest BCUT2D eigenvalue weighted by Gasteiger charge is -2.08. The van der Waals surface area contributed by atoms with Crippen LogP contribution in [0.2, 0.25) is 0 Å². The van der Waals surface area contributed by atoms with Crippen molar-refractivity contribution in [3.63, 3.8) is 0 Å². The zero-order valence-corrected chi connectivity index (χ0v) is 9.41. The highest BCUT2D eigenvalue weighted by atomic mass is 32.1. The molecule has 0 amide bonds. The first-order valence-electron chi connectivity index (χ1n) is 4.72. The maximum absolute atomic E-state index is 13.2. The van der Waals surface area contributed by atoms with Crippen LogP contribution in [0.3, 0.4) is 0 Å². The lowest BCUT2D eigenvalue weighted by atomic mass is 10.4. The van der Waals surface area contributed by atoms with Gasteiger partial charge in [-0.25, -0.2) is 9.37 Å². The van der Waals surface area contributed by atoms with Gasteiger partial charge in [-0.1, -0.05) is 0 Å². The van der Waals surface area contributed by atoms with E-state index in [4.69, 9.17) is 12.2 Å². The van der Waals surface area contributed by atoms with Crippen LogP contribution >= 0.6 is 12.2 Å². The quantitative estimate of drug-likeness (QED) is 0.792. The highest BCUT2D eigenvalue weighted by Crippen LogP contribution is 2.09. The maximum Gasteiger partial charge on any atom is 0.177 e. The summed E-state index contributed by atoms with van der Waals surface area (Å²) in [7, 11) is 0. The number of halogens is 1. The third-order valence-electron chi connectivity index (χ3n) is 1.80. The predicted octanol–water partition coefficient (Wildman–Crippen LogP) is 1.82. The predicted molar refractivity (Wildman–Crippen MR) is 66.1 cm³/mol. The van der Waals surface area contributed by atoms with Gasteiger partial charge in [0.2, 0.25) is 0 Å². The summed E-state index contributed by atoms with van der Waals surface area (Å²) < 4.78 is 13.2. The highest BCUT2D eigenvalue weighted by molar-refractivity contribution is 7.80. The Morgan fingerprint density at radius 1 is 1.18 bits per heavy atom. The molecule has 0 spiro atoms. The van der Waals surface area contributed by atoms with Gasteiger partial charge in [0.1, 0.15) is 0 Å². The molecule has 2 aromatic heterocycles. The molecule has 0 radical (unpaired) electrons. The smallest absolute Gasteiger partial charge is 0.177 e. The summed E-state index contributed by atoms with van der Waals surface area (Å²) in [4.78, 5) is 3.81. The van der Waals surface area contributed by atoms with E-state index in [1.165, 1.54) is 18.3 Å². The summed E-state index contributed by atoms with van der Waals surface area (Å²) in [6.45, 7) is 0. The van der Waals surface area contributed by atoms with E-state index in [1.807, 2.05) is 0 Å².